The van der Waals surface area contributed by atoms with Crippen molar-refractivity contribution in [3.63, 3.8) is 0 Å². The molecular formula is C11H11BrF4. The lowest BCUT2D eigenvalue weighted by molar-refractivity contribution is -0.140. The lowest BCUT2D eigenvalue weighted by Gasteiger charge is -2.17. The van der Waals surface area contributed by atoms with Crippen molar-refractivity contribution in [3.05, 3.63) is 35.1 Å². The summed E-state index contributed by atoms with van der Waals surface area (Å²) < 4.78 is 50.3. The monoisotopic (exact) mass is 298 g/mol. The van der Waals surface area contributed by atoms with Crippen molar-refractivity contribution in [3.8, 4) is 0 Å². The van der Waals surface area contributed by atoms with Crippen molar-refractivity contribution in [2.45, 2.75) is 30.8 Å². The SMILES string of the molecule is CC(Br)C(C)c1ccc(F)c(C(F)(F)F)c1. The van der Waals surface area contributed by atoms with Crippen LogP contribution in [0.4, 0.5) is 17.6 Å². The number of benzene rings is 1. The number of rotatable bonds is 2. The summed E-state index contributed by atoms with van der Waals surface area (Å²) in [5.74, 6) is -1.34. The van der Waals surface area contributed by atoms with Gasteiger partial charge in [0.15, 0.2) is 0 Å². The van der Waals surface area contributed by atoms with Crippen LogP contribution in [-0.4, -0.2) is 4.83 Å². The first-order valence-electron chi connectivity index (χ1n) is 4.74. The van der Waals surface area contributed by atoms with E-state index >= 15 is 0 Å². The first kappa shape index (κ1) is 13.5. The smallest absolute Gasteiger partial charge is 0.206 e. The molecule has 16 heavy (non-hydrogen) atoms. The van der Waals surface area contributed by atoms with Gasteiger partial charge in [0, 0.05) is 4.83 Å². The van der Waals surface area contributed by atoms with Crippen LogP contribution in [0.3, 0.4) is 0 Å². The van der Waals surface area contributed by atoms with Crippen LogP contribution in [-0.2, 0) is 6.18 Å². The molecule has 0 nitrogen and oxygen atoms in total. The largest absolute Gasteiger partial charge is 0.419 e. The van der Waals surface area contributed by atoms with Gasteiger partial charge in [-0.05, 0) is 23.6 Å². The van der Waals surface area contributed by atoms with Gasteiger partial charge in [-0.1, -0.05) is 35.8 Å². The van der Waals surface area contributed by atoms with Gasteiger partial charge in [-0.15, -0.1) is 0 Å². The van der Waals surface area contributed by atoms with Gasteiger partial charge < -0.3 is 0 Å². The zero-order valence-electron chi connectivity index (χ0n) is 8.78. The third-order valence-electron chi connectivity index (χ3n) is 2.51. The average Bonchev–Trinajstić information content (AvgIpc) is 2.15. The van der Waals surface area contributed by atoms with Crippen molar-refractivity contribution in [2.75, 3.05) is 0 Å². The Kier molecular flexibility index (Phi) is 3.99. The van der Waals surface area contributed by atoms with Crippen LogP contribution in [0.1, 0.15) is 30.9 Å². The maximum absolute atomic E-state index is 13.0. The topological polar surface area (TPSA) is 0 Å². The zero-order valence-corrected chi connectivity index (χ0v) is 10.4. The van der Waals surface area contributed by atoms with Crippen molar-refractivity contribution >= 4 is 15.9 Å². The van der Waals surface area contributed by atoms with Gasteiger partial charge in [-0.3, -0.25) is 0 Å². The van der Waals surface area contributed by atoms with E-state index in [1.807, 2.05) is 6.92 Å². The maximum atomic E-state index is 13.0. The Balaban J connectivity index is 3.18. The molecule has 0 spiro atoms. The molecule has 0 N–H and O–H groups in total. The molecule has 5 heteroatoms. The Labute approximate surface area is 99.8 Å². The minimum atomic E-state index is -4.64. The number of alkyl halides is 4. The zero-order chi connectivity index (χ0) is 12.5. The molecule has 1 aromatic rings. The van der Waals surface area contributed by atoms with Gasteiger partial charge in [0.1, 0.15) is 5.82 Å². The van der Waals surface area contributed by atoms with Crippen molar-refractivity contribution in [1.82, 2.24) is 0 Å². The summed E-state index contributed by atoms with van der Waals surface area (Å²) >= 11 is 3.30. The second kappa shape index (κ2) is 4.73. The Morgan fingerprint density at radius 1 is 1.19 bits per heavy atom. The Bertz CT molecular complexity index is 371. The van der Waals surface area contributed by atoms with Crippen LogP contribution in [0.15, 0.2) is 18.2 Å². The summed E-state index contributed by atoms with van der Waals surface area (Å²) in [6.07, 6.45) is -4.64. The van der Waals surface area contributed by atoms with E-state index in [4.69, 9.17) is 0 Å². The molecule has 1 rings (SSSR count). The van der Waals surface area contributed by atoms with Crippen LogP contribution in [0.5, 0.6) is 0 Å². The first-order chi connectivity index (χ1) is 7.23. The highest BCUT2D eigenvalue weighted by Crippen LogP contribution is 2.34. The third-order valence-corrected chi connectivity index (χ3v) is 3.30. The number of hydrogen-bond donors (Lipinski definition) is 0. The highest BCUT2D eigenvalue weighted by molar-refractivity contribution is 9.09. The molecule has 0 aromatic heterocycles. The molecular weight excluding hydrogens is 288 g/mol. The summed E-state index contributed by atoms with van der Waals surface area (Å²) in [4.78, 5) is 0.0269. The first-order valence-corrected chi connectivity index (χ1v) is 5.65. The summed E-state index contributed by atoms with van der Waals surface area (Å²) in [6, 6.07) is 3.12. The van der Waals surface area contributed by atoms with Crippen LogP contribution in [0.25, 0.3) is 0 Å². The van der Waals surface area contributed by atoms with Gasteiger partial charge in [-0.25, -0.2) is 4.39 Å². The normalized spacial score (nSPS) is 15.9. The summed E-state index contributed by atoms with van der Waals surface area (Å²) in [5, 5.41) is 0. The van der Waals surface area contributed by atoms with Crippen molar-refractivity contribution in [1.29, 1.82) is 0 Å². The van der Waals surface area contributed by atoms with E-state index in [1.165, 1.54) is 6.07 Å². The fourth-order valence-corrected chi connectivity index (χ4v) is 1.61. The molecule has 2 unspecified atom stereocenters. The summed E-state index contributed by atoms with van der Waals surface area (Å²) in [5.41, 5.74) is -0.733. The lowest BCUT2D eigenvalue weighted by Crippen LogP contribution is -2.11. The molecule has 0 bridgehead atoms. The molecule has 0 saturated heterocycles. The van der Waals surface area contributed by atoms with E-state index < -0.39 is 17.6 Å². The van der Waals surface area contributed by atoms with Gasteiger partial charge in [0.2, 0.25) is 0 Å². The van der Waals surface area contributed by atoms with Gasteiger partial charge >= 0.3 is 6.18 Å². The summed E-state index contributed by atoms with van der Waals surface area (Å²) in [7, 11) is 0. The molecule has 1 aromatic carbocycles. The molecule has 0 radical (unpaired) electrons. The number of halogens is 5. The van der Waals surface area contributed by atoms with Crippen LogP contribution >= 0.6 is 15.9 Å². The Morgan fingerprint density at radius 3 is 2.19 bits per heavy atom. The van der Waals surface area contributed by atoms with E-state index in [9.17, 15) is 17.6 Å². The fraction of sp³-hybridized carbons (Fsp3) is 0.455. The minimum absolute atomic E-state index is 0.0269. The quantitative estimate of drug-likeness (QED) is 0.547. The van der Waals surface area contributed by atoms with E-state index in [2.05, 4.69) is 15.9 Å². The van der Waals surface area contributed by atoms with E-state index in [-0.39, 0.29) is 10.7 Å². The second-order valence-electron chi connectivity index (χ2n) is 3.70. The van der Waals surface area contributed by atoms with Gasteiger partial charge in [0.25, 0.3) is 0 Å². The minimum Gasteiger partial charge on any atom is -0.206 e. The summed E-state index contributed by atoms with van der Waals surface area (Å²) in [6.45, 7) is 3.62. The molecule has 0 heterocycles. The Hall–Kier alpha value is -0.580. The van der Waals surface area contributed by atoms with Crippen molar-refractivity contribution < 1.29 is 17.6 Å². The lowest BCUT2D eigenvalue weighted by atomic mass is 9.96. The standard InChI is InChI=1S/C11H11BrF4/c1-6(7(2)12)8-3-4-10(13)9(5-8)11(14,15)16/h3-7H,1-2H3. The van der Waals surface area contributed by atoms with E-state index in [0.717, 1.165) is 12.1 Å². The molecule has 2 atom stereocenters. The molecule has 0 aliphatic rings. The van der Waals surface area contributed by atoms with Crippen molar-refractivity contribution in [2.24, 2.45) is 0 Å². The molecule has 0 aliphatic carbocycles. The highest BCUT2D eigenvalue weighted by Gasteiger charge is 2.34. The number of hydrogen-bond acceptors (Lipinski definition) is 0. The fourth-order valence-electron chi connectivity index (χ4n) is 1.31. The van der Waals surface area contributed by atoms with Gasteiger partial charge in [-0.2, -0.15) is 13.2 Å². The predicted octanol–water partition coefficient (Wildman–Crippen LogP) is 4.73. The highest BCUT2D eigenvalue weighted by atomic mass is 79.9. The molecule has 0 amide bonds. The van der Waals surface area contributed by atoms with E-state index in [1.54, 1.807) is 6.92 Å². The second-order valence-corrected chi connectivity index (χ2v) is 5.15. The van der Waals surface area contributed by atoms with E-state index in [0.29, 0.717) is 5.56 Å². The average molecular weight is 299 g/mol. The molecule has 0 fully saturated rings. The Morgan fingerprint density at radius 2 is 1.75 bits per heavy atom. The maximum Gasteiger partial charge on any atom is 0.419 e. The molecule has 0 aliphatic heterocycles. The predicted molar refractivity (Wildman–Crippen MR) is 58.2 cm³/mol. The van der Waals surface area contributed by atoms with Crippen LogP contribution in [0, 0.1) is 5.82 Å². The molecule has 90 valence electrons. The van der Waals surface area contributed by atoms with Crippen LogP contribution < -0.4 is 0 Å². The third kappa shape index (κ3) is 2.97. The van der Waals surface area contributed by atoms with Crippen LogP contribution in [0.2, 0.25) is 0 Å². The molecule has 0 saturated carbocycles. The van der Waals surface area contributed by atoms with Gasteiger partial charge in [0.05, 0.1) is 5.56 Å².